The standard InChI is InChI=1S/C17H24N2O7/c1-9(2)14(16(21)19-17(18)22)26-13(20)8-10-6-11(23-3)15(25-5)12(7-10)24-4/h6-7,9,14H,8H2,1-5H3,(H3,18,19,21,22)/t14-/m1/s1. The van der Waals surface area contributed by atoms with Crippen LogP contribution in [-0.4, -0.2) is 45.3 Å². The third-order valence-corrected chi connectivity index (χ3v) is 3.44. The first kappa shape index (κ1) is 21.1. The summed E-state index contributed by atoms with van der Waals surface area (Å²) in [5, 5.41) is 1.91. The van der Waals surface area contributed by atoms with E-state index in [0.717, 1.165) is 0 Å². The Bertz CT molecular complexity index is 648. The summed E-state index contributed by atoms with van der Waals surface area (Å²) >= 11 is 0. The molecule has 1 aromatic carbocycles. The van der Waals surface area contributed by atoms with Crippen molar-refractivity contribution in [1.82, 2.24) is 5.32 Å². The van der Waals surface area contributed by atoms with Crippen molar-refractivity contribution >= 4 is 17.9 Å². The van der Waals surface area contributed by atoms with Gasteiger partial charge in [0.25, 0.3) is 5.91 Å². The van der Waals surface area contributed by atoms with Crippen LogP contribution in [0.4, 0.5) is 4.79 Å². The minimum absolute atomic E-state index is 0.135. The molecule has 0 heterocycles. The average molecular weight is 368 g/mol. The Labute approximate surface area is 151 Å². The lowest BCUT2D eigenvalue weighted by molar-refractivity contribution is -0.157. The van der Waals surface area contributed by atoms with E-state index >= 15 is 0 Å². The van der Waals surface area contributed by atoms with Crippen molar-refractivity contribution in [3.05, 3.63) is 17.7 Å². The smallest absolute Gasteiger partial charge is 0.318 e. The Morgan fingerprint density at radius 3 is 1.96 bits per heavy atom. The second kappa shape index (κ2) is 9.50. The maximum absolute atomic E-state index is 12.2. The Balaban J connectivity index is 2.95. The number of carbonyl (C=O) groups excluding carboxylic acids is 3. The highest BCUT2D eigenvalue weighted by Crippen LogP contribution is 2.38. The molecule has 0 saturated carbocycles. The van der Waals surface area contributed by atoms with E-state index in [1.54, 1.807) is 26.0 Å². The molecule has 0 saturated heterocycles. The van der Waals surface area contributed by atoms with Gasteiger partial charge in [-0.25, -0.2) is 4.79 Å². The molecule has 1 aromatic rings. The number of rotatable bonds is 8. The van der Waals surface area contributed by atoms with Crippen molar-refractivity contribution in [2.45, 2.75) is 26.4 Å². The molecule has 3 amide bonds. The number of imide groups is 1. The van der Waals surface area contributed by atoms with Crippen molar-refractivity contribution in [1.29, 1.82) is 0 Å². The largest absolute Gasteiger partial charge is 0.493 e. The molecule has 3 N–H and O–H groups in total. The number of nitrogens with two attached hydrogens (primary N) is 1. The molecular weight excluding hydrogens is 344 g/mol. The van der Waals surface area contributed by atoms with Crippen LogP contribution in [0.15, 0.2) is 12.1 Å². The fraction of sp³-hybridized carbons (Fsp3) is 0.471. The Hall–Kier alpha value is -2.97. The van der Waals surface area contributed by atoms with E-state index in [4.69, 9.17) is 24.7 Å². The molecule has 0 radical (unpaired) electrons. The molecule has 0 aliphatic heterocycles. The number of urea groups is 1. The van der Waals surface area contributed by atoms with Crippen LogP contribution in [-0.2, 0) is 20.7 Å². The monoisotopic (exact) mass is 368 g/mol. The van der Waals surface area contributed by atoms with Crippen LogP contribution in [0.25, 0.3) is 0 Å². The van der Waals surface area contributed by atoms with Crippen LogP contribution in [0.5, 0.6) is 17.2 Å². The van der Waals surface area contributed by atoms with Crippen LogP contribution < -0.4 is 25.3 Å². The molecular formula is C17H24N2O7. The molecule has 1 atom stereocenters. The molecule has 0 spiro atoms. The summed E-state index contributed by atoms with van der Waals surface area (Å²) < 4.78 is 20.9. The van der Waals surface area contributed by atoms with Crippen molar-refractivity contribution in [3.63, 3.8) is 0 Å². The highest BCUT2D eigenvalue weighted by Gasteiger charge is 2.27. The topological polar surface area (TPSA) is 126 Å². The predicted molar refractivity (Wildman–Crippen MR) is 92.2 cm³/mol. The predicted octanol–water partition coefficient (Wildman–Crippen LogP) is 1.02. The van der Waals surface area contributed by atoms with E-state index in [-0.39, 0.29) is 12.3 Å². The molecule has 0 unspecified atom stereocenters. The number of nitrogens with one attached hydrogen (secondary N) is 1. The van der Waals surface area contributed by atoms with Gasteiger partial charge in [-0.2, -0.15) is 0 Å². The molecule has 1 rings (SSSR count). The Kier molecular flexibility index (Phi) is 7.70. The molecule has 0 fully saturated rings. The lowest BCUT2D eigenvalue weighted by atomic mass is 10.1. The van der Waals surface area contributed by atoms with Gasteiger partial charge in [0.2, 0.25) is 5.75 Å². The highest BCUT2D eigenvalue weighted by atomic mass is 16.5. The van der Waals surface area contributed by atoms with Gasteiger partial charge < -0.3 is 24.7 Å². The molecule has 0 aliphatic carbocycles. The number of primary amides is 1. The number of methoxy groups -OCH3 is 3. The van der Waals surface area contributed by atoms with Gasteiger partial charge in [0.1, 0.15) is 0 Å². The van der Waals surface area contributed by atoms with Gasteiger partial charge in [-0.05, 0) is 23.6 Å². The molecule has 144 valence electrons. The molecule has 9 heteroatoms. The van der Waals surface area contributed by atoms with Crippen LogP contribution in [0, 0.1) is 5.92 Å². The maximum atomic E-state index is 12.2. The normalized spacial score (nSPS) is 11.5. The van der Waals surface area contributed by atoms with Crippen LogP contribution in [0.1, 0.15) is 19.4 Å². The third-order valence-electron chi connectivity index (χ3n) is 3.44. The first-order valence-electron chi connectivity index (χ1n) is 7.82. The lowest BCUT2D eigenvalue weighted by Crippen LogP contribution is -2.45. The Morgan fingerprint density at radius 1 is 1.04 bits per heavy atom. The Morgan fingerprint density at radius 2 is 1.58 bits per heavy atom. The summed E-state index contributed by atoms with van der Waals surface area (Å²) in [6, 6.07) is 2.20. The highest BCUT2D eigenvalue weighted by molar-refractivity contribution is 5.96. The molecule has 9 nitrogen and oxygen atoms in total. The van der Waals surface area contributed by atoms with Gasteiger partial charge in [0.05, 0.1) is 27.8 Å². The number of amides is 3. The second-order valence-corrected chi connectivity index (χ2v) is 5.72. The van der Waals surface area contributed by atoms with Crippen LogP contribution >= 0.6 is 0 Å². The van der Waals surface area contributed by atoms with E-state index in [1.165, 1.54) is 21.3 Å². The number of esters is 1. The van der Waals surface area contributed by atoms with Gasteiger partial charge >= 0.3 is 12.0 Å². The quantitative estimate of drug-likeness (QED) is 0.656. The summed E-state index contributed by atoms with van der Waals surface area (Å²) in [6.07, 6.45) is -1.28. The minimum atomic E-state index is -1.14. The van der Waals surface area contributed by atoms with E-state index in [0.29, 0.717) is 22.8 Å². The average Bonchev–Trinajstić information content (AvgIpc) is 2.57. The van der Waals surface area contributed by atoms with E-state index in [2.05, 4.69) is 0 Å². The zero-order valence-corrected chi connectivity index (χ0v) is 15.5. The summed E-state index contributed by atoms with van der Waals surface area (Å²) in [4.78, 5) is 35.0. The fourth-order valence-corrected chi connectivity index (χ4v) is 2.27. The first-order chi connectivity index (χ1) is 12.2. The van der Waals surface area contributed by atoms with Crippen molar-refractivity contribution in [3.8, 4) is 17.2 Å². The maximum Gasteiger partial charge on any atom is 0.318 e. The van der Waals surface area contributed by atoms with Crippen molar-refractivity contribution < 1.29 is 33.3 Å². The number of hydrogen-bond acceptors (Lipinski definition) is 7. The fourth-order valence-electron chi connectivity index (χ4n) is 2.27. The number of benzene rings is 1. The van der Waals surface area contributed by atoms with Crippen molar-refractivity contribution in [2.75, 3.05) is 21.3 Å². The molecule has 26 heavy (non-hydrogen) atoms. The van der Waals surface area contributed by atoms with Crippen molar-refractivity contribution in [2.24, 2.45) is 11.7 Å². The summed E-state index contributed by atoms with van der Waals surface area (Å²) in [5.41, 5.74) is 5.47. The van der Waals surface area contributed by atoms with Gasteiger partial charge in [-0.1, -0.05) is 13.8 Å². The molecule has 0 aliphatic rings. The van der Waals surface area contributed by atoms with Gasteiger partial charge in [-0.15, -0.1) is 0 Å². The molecule has 0 bridgehead atoms. The van der Waals surface area contributed by atoms with Crippen LogP contribution in [0.2, 0.25) is 0 Å². The third kappa shape index (κ3) is 5.54. The van der Waals surface area contributed by atoms with E-state index in [1.807, 2.05) is 5.32 Å². The summed E-state index contributed by atoms with van der Waals surface area (Å²) in [7, 11) is 4.39. The van der Waals surface area contributed by atoms with Gasteiger partial charge in [0.15, 0.2) is 17.6 Å². The summed E-state index contributed by atoms with van der Waals surface area (Å²) in [6.45, 7) is 3.36. The number of hydrogen-bond donors (Lipinski definition) is 2. The molecule has 0 aromatic heterocycles. The van der Waals surface area contributed by atoms with E-state index in [9.17, 15) is 14.4 Å². The lowest BCUT2D eigenvalue weighted by Gasteiger charge is -2.20. The second-order valence-electron chi connectivity index (χ2n) is 5.72. The van der Waals surface area contributed by atoms with Gasteiger partial charge in [0, 0.05) is 0 Å². The van der Waals surface area contributed by atoms with Gasteiger partial charge in [-0.3, -0.25) is 14.9 Å². The SMILES string of the molecule is COc1cc(CC(=O)O[C@@H](C(=O)NC(N)=O)C(C)C)cc(OC)c1OC. The van der Waals surface area contributed by atoms with Crippen LogP contribution in [0.3, 0.4) is 0 Å². The first-order valence-corrected chi connectivity index (χ1v) is 7.82. The zero-order valence-electron chi connectivity index (χ0n) is 15.5. The number of ether oxygens (including phenoxy) is 4. The summed E-state index contributed by atoms with van der Waals surface area (Å²) in [5.74, 6) is -0.599. The van der Waals surface area contributed by atoms with E-state index < -0.39 is 24.0 Å². The number of carbonyl (C=O) groups is 3. The zero-order chi connectivity index (χ0) is 19.9. The minimum Gasteiger partial charge on any atom is -0.493 e.